The molecule has 2 heterocycles. The molecule has 0 radical (unpaired) electrons. The lowest BCUT2D eigenvalue weighted by Gasteiger charge is -1.93. The number of hydrogen-bond donors (Lipinski definition) is 1. The summed E-state index contributed by atoms with van der Waals surface area (Å²) >= 11 is 1.47. The molecule has 5 heteroatoms. The zero-order valence-electron chi connectivity index (χ0n) is 6.44. The number of nitrogens with zero attached hydrogens (tertiary/aromatic N) is 2. The SMILES string of the molecule is CC1N=C(c2cncs2)NC1=O. The van der Waals surface area contributed by atoms with E-state index in [4.69, 9.17) is 0 Å². The van der Waals surface area contributed by atoms with Crippen LogP contribution in [0, 0.1) is 0 Å². The fourth-order valence-corrected chi connectivity index (χ4v) is 1.54. The Balaban J connectivity index is 2.28. The molecule has 12 heavy (non-hydrogen) atoms. The third-order valence-electron chi connectivity index (χ3n) is 1.61. The third-order valence-corrected chi connectivity index (χ3v) is 2.39. The Morgan fingerprint density at radius 3 is 3.00 bits per heavy atom. The summed E-state index contributed by atoms with van der Waals surface area (Å²) in [5.74, 6) is 0.605. The molecule has 1 aromatic rings. The van der Waals surface area contributed by atoms with Gasteiger partial charge in [-0.15, -0.1) is 11.3 Å². The molecule has 0 aromatic carbocycles. The number of amides is 1. The Kier molecular flexibility index (Phi) is 1.65. The first kappa shape index (κ1) is 7.42. The molecule has 1 amide bonds. The maximum Gasteiger partial charge on any atom is 0.250 e. The number of aromatic nitrogens is 1. The molecule has 1 aliphatic heterocycles. The van der Waals surface area contributed by atoms with E-state index in [0.29, 0.717) is 5.84 Å². The summed E-state index contributed by atoms with van der Waals surface area (Å²) in [5.41, 5.74) is 1.72. The van der Waals surface area contributed by atoms with E-state index in [9.17, 15) is 4.79 Å². The van der Waals surface area contributed by atoms with Crippen molar-refractivity contribution in [3.05, 3.63) is 16.6 Å². The van der Waals surface area contributed by atoms with Crippen LogP contribution in [-0.2, 0) is 4.79 Å². The van der Waals surface area contributed by atoms with Gasteiger partial charge in [-0.1, -0.05) is 0 Å². The van der Waals surface area contributed by atoms with E-state index in [-0.39, 0.29) is 11.9 Å². The van der Waals surface area contributed by atoms with Crippen molar-refractivity contribution in [1.29, 1.82) is 0 Å². The maximum atomic E-state index is 11.0. The van der Waals surface area contributed by atoms with Crippen LogP contribution in [0.25, 0.3) is 0 Å². The van der Waals surface area contributed by atoms with Crippen LogP contribution in [0.3, 0.4) is 0 Å². The lowest BCUT2D eigenvalue weighted by molar-refractivity contribution is -0.119. The van der Waals surface area contributed by atoms with Crippen LogP contribution in [-0.4, -0.2) is 22.8 Å². The molecule has 0 aliphatic carbocycles. The van der Waals surface area contributed by atoms with Gasteiger partial charge in [0, 0.05) is 6.20 Å². The van der Waals surface area contributed by atoms with Gasteiger partial charge in [-0.25, -0.2) is 0 Å². The van der Waals surface area contributed by atoms with Gasteiger partial charge < -0.3 is 5.32 Å². The van der Waals surface area contributed by atoms with Crippen LogP contribution in [0.5, 0.6) is 0 Å². The first-order valence-electron chi connectivity index (χ1n) is 3.55. The van der Waals surface area contributed by atoms with Crippen LogP contribution < -0.4 is 5.32 Å². The molecule has 1 aromatic heterocycles. The largest absolute Gasteiger partial charge is 0.308 e. The van der Waals surface area contributed by atoms with Crippen LogP contribution in [0.2, 0.25) is 0 Å². The minimum atomic E-state index is -0.262. The summed E-state index contributed by atoms with van der Waals surface area (Å²) in [7, 11) is 0. The highest BCUT2D eigenvalue weighted by atomic mass is 32.1. The van der Waals surface area contributed by atoms with Gasteiger partial charge in [0.2, 0.25) is 5.91 Å². The van der Waals surface area contributed by atoms with Crippen molar-refractivity contribution in [3.8, 4) is 0 Å². The Morgan fingerprint density at radius 2 is 2.50 bits per heavy atom. The van der Waals surface area contributed by atoms with Gasteiger partial charge in [-0.05, 0) is 6.92 Å². The van der Waals surface area contributed by atoms with E-state index < -0.39 is 0 Å². The maximum absolute atomic E-state index is 11.0. The summed E-state index contributed by atoms with van der Waals surface area (Å²) < 4.78 is 0. The highest BCUT2D eigenvalue weighted by molar-refractivity contribution is 7.11. The smallest absolute Gasteiger partial charge is 0.250 e. The van der Waals surface area contributed by atoms with Crippen molar-refractivity contribution in [3.63, 3.8) is 0 Å². The van der Waals surface area contributed by atoms with E-state index in [2.05, 4.69) is 15.3 Å². The first-order valence-corrected chi connectivity index (χ1v) is 4.43. The lowest BCUT2D eigenvalue weighted by Crippen LogP contribution is -2.27. The number of thiazole rings is 1. The van der Waals surface area contributed by atoms with Crippen molar-refractivity contribution in [2.24, 2.45) is 4.99 Å². The second-order valence-electron chi connectivity index (χ2n) is 2.51. The van der Waals surface area contributed by atoms with Gasteiger partial charge >= 0.3 is 0 Å². The summed E-state index contributed by atoms with van der Waals surface area (Å²) in [6.45, 7) is 1.77. The van der Waals surface area contributed by atoms with Crippen LogP contribution in [0.15, 0.2) is 16.7 Å². The fraction of sp³-hybridized carbons (Fsp3) is 0.286. The Labute approximate surface area is 73.4 Å². The number of aliphatic imine (C=N–C) groups is 1. The predicted octanol–water partition coefficient (Wildman–Crippen LogP) is 0.408. The monoisotopic (exact) mass is 181 g/mol. The molecule has 2 rings (SSSR count). The third kappa shape index (κ3) is 1.12. The first-order chi connectivity index (χ1) is 5.77. The summed E-state index contributed by atoms with van der Waals surface area (Å²) in [4.78, 5) is 20.0. The molecule has 1 atom stereocenters. The molecule has 62 valence electrons. The van der Waals surface area contributed by atoms with Crippen LogP contribution in [0.4, 0.5) is 0 Å². The lowest BCUT2D eigenvalue weighted by atomic mass is 10.4. The Hall–Kier alpha value is -1.23. The van der Waals surface area contributed by atoms with E-state index in [1.54, 1.807) is 18.6 Å². The predicted molar refractivity (Wildman–Crippen MR) is 46.3 cm³/mol. The molecule has 0 fully saturated rings. The van der Waals surface area contributed by atoms with E-state index in [0.717, 1.165) is 4.88 Å². The molecule has 0 saturated heterocycles. The van der Waals surface area contributed by atoms with Crippen molar-refractivity contribution in [1.82, 2.24) is 10.3 Å². The average molecular weight is 181 g/mol. The minimum absolute atomic E-state index is 0.0431. The number of carbonyl (C=O) groups excluding carboxylic acids is 1. The Morgan fingerprint density at radius 1 is 1.67 bits per heavy atom. The van der Waals surface area contributed by atoms with Crippen molar-refractivity contribution >= 4 is 23.1 Å². The van der Waals surface area contributed by atoms with Crippen LogP contribution in [0.1, 0.15) is 11.8 Å². The van der Waals surface area contributed by atoms with Crippen LogP contribution >= 0.6 is 11.3 Å². The standard InChI is InChI=1S/C7H7N3OS/c1-4-7(11)10-6(9-4)5-2-8-3-12-5/h2-4H,1H3,(H,9,10,11). The van der Waals surface area contributed by atoms with Gasteiger partial charge in [0.15, 0.2) is 0 Å². The van der Waals surface area contributed by atoms with Crippen molar-refractivity contribution in [2.75, 3.05) is 0 Å². The zero-order valence-corrected chi connectivity index (χ0v) is 7.26. The van der Waals surface area contributed by atoms with Gasteiger partial charge in [0.1, 0.15) is 11.9 Å². The summed E-state index contributed by atoms with van der Waals surface area (Å²) in [6, 6.07) is -0.262. The second-order valence-corrected chi connectivity index (χ2v) is 3.39. The zero-order chi connectivity index (χ0) is 8.55. The highest BCUT2D eigenvalue weighted by Gasteiger charge is 2.23. The average Bonchev–Trinajstić information content (AvgIpc) is 2.61. The van der Waals surface area contributed by atoms with Crippen molar-refractivity contribution in [2.45, 2.75) is 13.0 Å². The van der Waals surface area contributed by atoms with E-state index in [1.165, 1.54) is 11.3 Å². The molecule has 1 N–H and O–H groups in total. The minimum Gasteiger partial charge on any atom is -0.308 e. The molecule has 1 aliphatic rings. The molecule has 0 bridgehead atoms. The van der Waals surface area contributed by atoms with Gasteiger partial charge in [-0.2, -0.15) is 0 Å². The summed E-state index contributed by atoms with van der Waals surface area (Å²) in [6.07, 6.45) is 1.70. The molecule has 0 spiro atoms. The summed E-state index contributed by atoms with van der Waals surface area (Å²) in [5, 5.41) is 2.69. The van der Waals surface area contributed by atoms with Gasteiger partial charge in [0.25, 0.3) is 0 Å². The number of rotatable bonds is 1. The number of hydrogen-bond acceptors (Lipinski definition) is 4. The molecule has 0 saturated carbocycles. The van der Waals surface area contributed by atoms with E-state index >= 15 is 0 Å². The highest BCUT2D eigenvalue weighted by Crippen LogP contribution is 2.10. The molecular weight excluding hydrogens is 174 g/mol. The fourth-order valence-electron chi connectivity index (χ4n) is 0.964. The van der Waals surface area contributed by atoms with E-state index in [1.807, 2.05) is 0 Å². The van der Waals surface area contributed by atoms with Crippen molar-refractivity contribution < 1.29 is 4.79 Å². The number of carbonyl (C=O) groups is 1. The quantitative estimate of drug-likeness (QED) is 0.682. The number of nitrogens with one attached hydrogen (secondary N) is 1. The number of amidine groups is 1. The normalized spacial score (nSPS) is 22.2. The Bertz CT molecular complexity index is 330. The van der Waals surface area contributed by atoms with Gasteiger partial charge in [0.05, 0.1) is 10.4 Å². The topological polar surface area (TPSA) is 54.4 Å². The molecule has 1 unspecified atom stereocenters. The second kappa shape index (κ2) is 2.67. The molecule has 4 nitrogen and oxygen atoms in total. The van der Waals surface area contributed by atoms with Gasteiger partial charge in [-0.3, -0.25) is 14.8 Å². The molecular formula is C7H7N3OS.